The fourth-order valence-electron chi connectivity index (χ4n) is 4.14. The second-order valence-corrected chi connectivity index (χ2v) is 9.43. The Hall–Kier alpha value is -1.72. The number of benzene rings is 2. The predicted molar refractivity (Wildman–Crippen MR) is 118 cm³/mol. The van der Waals surface area contributed by atoms with Crippen molar-refractivity contribution in [2.24, 2.45) is 10.8 Å². The molecule has 162 valence electrons. The molecule has 2 aromatic carbocycles. The zero-order valence-corrected chi connectivity index (χ0v) is 18.3. The van der Waals surface area contributed by atoms with Gasteiger partial charge in [-0.1, -0.05) is 68.8 Å². The van der Waals surface area contributed by atoms with Crippen LogP contribution in [0, 0.1) is 10.8 Å². The molecule has 0 amide bonds. The standard InChI is InChI=1S/C26H34O4/c1-3-12-26(19-30-20-26)18-28-14-22-6-10-24(11-7-22)23-8-4-21(5-9-23)13-27-15-25(2)16-29-17-25/h4-11H,3,12-20H2,1-2H3. The van der Waals surface area contributed by atoms with E-state index in [1.807, 2.05) is 0 Å². The number of hydrogen-bond acceptors (Lipinski definition) is 4. The molecule has 0 aromatic heterocycles. The summed E-state index contributed by atoms with van der Waals surface area (Å²) in [5.41, 5.74) is 5.31. The fourth-order valence-corrected chi connectivity index (χ4v) is 4.14. The van der Waals surface area contributed by atoms with E-state index in [1.54, 1.807) is 0 Å². The Balaban J connectivity index is 1.24. The predicted octanol–water partition coefficient (Wildman–Crippen LogP) is 5.24. The van der Waals surface area contributed by atoms with Gasteiger partial charge in [-0.05, 0) is 28.7 Å². The molecule has 4 heteroatoms. The Morgan fingerprint density at radius 2 is 1.23 bits per heavy atom. The molecular weight excluding hydrogens is 376 g/mol. The smallest absolute Gasteiger partial charge is 0.0717 e. The third-order valence-electron chi connectivity index (χ3n) is 6.14. The topological polar surface area (TPSA) is 36.9 Å². The average Bonchev–Trinajstić information content (AvgIpc) is 2.72. The quantitative estimate of drug-likeness (QED) is 0.508. The first-order valence-electron chi connectivity index (χ1n) is 11.1. The van der Waals surface area contributed by atoms with E-state index in [2.05, 4.69) is 62.4 Å². The van der Waals surface area contributed by atoms with Crippen LogP contribution in [0.4, 0.5) is 0 Å². The molecule has 0 radical (unpaired) electrons. The number of hydrogen-bond donors (Lipinski definition) is 0. The lowest BCUT2D eigenvalue weighted by Gasteiger charge is -2.41. The second kappa shape index (κ2) is 9.61. The maximum atomic E-state index is 6.01. The first-order valence-corrected chi connectivity index (χ1v) is 11.1. The molecule has 0 bridgehead atoms. The van der Waals surface area contributed by atoms with Gasteiger partial charge in [-0.3, -0.25) is 0 Å². The van der Waals surface area contributed by atoms with Crippen molar-refractivity contribution in [1.82, 2.24) is 0 Å². The minimum atomic E-state index is 0.202. The molecular formula is C26H34O4. The lowest BCUT2D eigenvalue weighted by molar-refractivity contribution is -0.155. The third kappa shape index (κ3) is 5.30. The third-order valence-corrected chi connectivity index (χ3v) is 6.14. The van der Waals surface area contributed by atoms with Crippen LogP contribution in [-0.4, -0.2) is 39.6 Å². The van der Waals surface area contributed by atoms with Crippen LogP contribution in [0.25, 0.3) is 11.1 Å². The molecule has 0 saturated carbocycles. The molecule has 4 nitrogen and oxygen atoms in total. The summed E-state index contributed by atoms with van der Waals surface area (Å²) in [5, 5.41) is 0. The summed E-state index contributed by atoms with van der Waals surface area (Å²) in [6.07, 6.45) is 2.36. The zero-order chi connectivity index (χ0) is 20.9. The molecule has 30 heavy (non-hydrogen) atoms. The molecule has 2 heterocycles. The van der Waals surface area contributed by atoms with Gasteiger partial charge in [0.15, 0.2) is 0 Å². The summed E-state index contributed by atoms with van der Waals surface area (Å²) >= 11 is 0. The summed E-state index contributed by atoms with van der Waals surface area (Å²) < 4.78 is 22.6. The molecule has 2 aliphatic heterocycles. The van der Waals surface area contributed by atoms with E-state index in [9.17, 15) is 0 Å². The summed E-state index contributed by atoms with van der Waals surface area (Å²) in [6, 6.07) is 17.3. The SMILES string of the molecule is CCCC1(COCc2ccc(-c3ccc(COCC4(C)COC4)cc3)cc2)COC1. The van der Waals surface area contributed by atoms with Crippen molar-refractivity contribution in [2.75, 3.05) is 39.6 Å². The Labute approximate surface area is 180 Å². The molecule has 2 aliphatic rings. The largest absolute Gasteiger partial charge is 0.380 e. The van der Waals surface area contributed by atoms with Crippen molar-refractivity contribution in [1.29, 1.82) is 0 Å². The van der Waals surface area contributed by atoms with Crippen molar-refractivity contribution < 1.29 is 18.9 Å². The zero-order valence-electron chi connectivity index (χ0n) is 18.3. The van der Waals surface area contributed by atoms with Gasteiger partial charge in [-0.2, -0.15) is 0 Å². The molecule has 0 spiro atoms. The van der Waals surface area contributed by atoms with E-state index >= 15 is 0 Å². The van der Waals surface area contributed by atoms with E-state index in [-0.39, 0.29) is 10.8 Å². The Bertz CT molecular complexity index is 789. The minimum Gasteiger partial charge on any atom is -0.380 e. The second-order valence-electron chi connectivity index (χ2n) is 9.43. The summed E-state index contributed by atoms with van der Waals surface area (Å²) in [5.74, 6) is 0. The van der Waals surface area contributed by atoms with Crippen LogP contribution in [-0.2, 0) is 32.2 Å². The summed E-state index contributed by atoms with van der Waals surface area (Å²) in [6.45, 7) is 10.6. The monoisotopic (exact) mass is 410 g/mol. The van der Waals surface area contributed by atoms with E-state index in [0.717, 1.165) is 39.6 Å². The molecule has 0 atom stereocenters. The van der Waals surface area contributed by atoms with Crippen molar-refractivity contribution >= 4 is 0 Å². The van der Waals surface area contributed by atoms with Crippen molar-refractivity contribution in [3.63, 3.8) is 0 Å². The highest BCUT2D eigenvalue weighted by Gasteiger charge is 2.37. The lowest BCUT2D eigenvalue weighted by atomic mass is 9.82. The van der Waals surface area contributed by atoms with Crippen LogP contribution in [0.1, 0.15) is 37.8 Å². The molecule has 2 saturated heterocycles. The summed E-state index contributed by atoms with van der Waals surface area (Å²) in [7, 11) is 0. The highest BCUT2D eigenvalue weighted by Crippen LogP contribution is 2.33. The molecule has 2 fully saturated rings. The normalized spacial score (nSPS) is 19.1. The van der Waals surface area contributed by atoms with Crippen molar-refractivity contribution in [3.05, 3.63) is 59.7 Å². The van der Waals surface area contributed by atoms with Crippen LogP contribution in [0.15, 0.2) is 48.5 Å². The van der Waals surface area contributed by atoms with Gasteiger partial charge < -0.3 is 18.9 Å². The number of rotatable bonds is 11. The molecule has 0 N–H and O–H groups in total. The highest BCUT2D eigenvalue weighted by molar-refractivity contribution is 5.63. The van der Waals surface area contributed by atoms with E-state index in [4.69, 9.17) is 18.9 Å². The average molecular weight is 411 g/mol. The van der Waals surface area contributed by atoms with Crippen LogP contribution in [0.2, 0.25) is 0 Å². The summed E-state index contributed by atoms with van der Waals surface area (Å²) in [4.78, 5) is 0. The van der Waals surface area contributed by atoms with Crippen LogP contribution >= 0.6 is 0 Å². The Morgan fingerprint density at radius 3 is 1.63 bits per heavy atom. The van der Waals surface area contributed by atoms with Gasteiger partial charge in [0.05, 0.1) is 52.9 Å². The van der Waals surface area contributed by atoms with Gasteiger partial charge >= 0.3 is 0 Å². The van der Waals surface area contributed by atoms with E-state index < -0.39 is 0 Å². The van der Waals surface area contributed by atoms with Gasteiger partial charge in [-0.25, -0.2) is 0 Å². The maximum Gasteiger partial charge on any atom is 0.0717 e. The van der Waals surface area contributed by atoms with Gasteiger partial charge in [-0.15, -0.1) is 0 Å². The van der Waals surface area contributed by atoms with Crippen molar-refractivity contribution in [2.45, 2.75) is 39.9 Å². The minimum absolute atomic E-state index is 0.202. The lowest BCUT2D eigenvalue weighted by Crippen LogP contribution is -2.46. The maximum absolute atomic E-state index is 6.01. The molecule has 2 aromatic rings. The van der Waals surface area contributed by atoms with Crippen LogP contribution < -0.4 is 0 Å². The van der Waals surface area contributed by atoms with Gasteiger partial charge in [0, 0.05) is 10.8 Å². The molecule has 4 rings (SSSR count). The highest BCUT2D eigenvalue weighted by atomic mass is 16.5. The van der Waals surface area contributed by atoms with E-state index in [1.165, 1.54) is 35.1 Å². The van der Waals surface area contributed by atoms with Crippen LogP contribution in [0.3, 0.4) is 0 Å². The van der Waals surface area contributed by atoms with Gasteiger partial charge in [0.2, 0.25) is 0 Å². The van der Waals surface area contributed by atoms with Crippen LogP contribution in [0.5, 0.6) is 0 Å². The first kappa shape index (κ1) is 21.5. The fraction of sp³-hybridized carbons (Fsp3) is 0.538. The molecule has 0 unspecified atom stereocenters. The van der Waals surface area contributed by atoms with Gasteiger partial charge in [0.1, 0.15) is 0 Å². The Morgan fingerprint density at radius 1 is 0.733 bits per heavy atom. The first-order chi connectivity index (χ1) is 14.6. The van der Waals surface area contributed by atoms with Crippen molar-refractivity contribution in [3.8, 4) is 11.1 Å². The van der Waals surface area contributed by atoms with Gasteiger partial charge in [0.25, 0.3) is 0 Å². The molecule has 0 aliphatic carbocycles. The van der Waals surface area contributed by atoms with E-state index in [0.29, 0.717) is 13.2 Å². The Kier molecular flexibility index (Phi) is 6.89. The number of ether oxygens (including phenoxy) is 4.